The van der Waals surface area contributed by atoms with Crippen LogP contribution in [0.3, 0.4) is 0 Å². The summed E-state index contributed by atoms with van der Waals surface area (Å²) in [7, 11) is 1.16. The van der Waals surface area contributed by atoms with E-state index in [1.807, 2.05) is 33.3 Å². The molecule has 0 aliphatic carbocycles. The van der Waals surface area contributed by atoms with Crippen molar-refractivity contribution in [3.8, 4) is 0 Å². The van der Waals surface area contributed by atoms with E-state index in [0.717, 1.165) is 122 Å². The largest absolute Gasteiger partial charge is 0.756 e. The van der Waals surface area contributed by atoms with Crippen LogP contribution in [0.1, 0.15) is 303 Å². The van der Waals surface area contributed by atoms with Crippen LogP contribution in [0.2, 0.25) is 0 Å². The second-order valence-electron chi connectivity index (χ2n) is 24.7. The Kier molecular flexibility index (Phi) is 61.2. The van der Waals surface area contributed by atoms with Crippen LogP contribution in [0.4, 0.5) is 0 Å². The first-order valence-electron chi connectivity index (χ1n) is 35.2. The molecule has 0 heterocycles. The first-order chi connectivity index (χ1) is 41.4. The van der Waals surface area contributed by atoms with Gasteiger partial charge in [0.25, 0.3) is 7.82 Å². The van der Waals surface area contributed by atoms with Crippen molar-refractivity contribution in [3.63, 3.8) is 0 Å². The summed E-state index contributed by atoms with van der Waals surface area (Å²) in [5.41, 5.74) is 0. The Balaban J connectivity index is 5.10. The molecule has 3 unspecified atom stereocenters. The van der Waals surface area contributed by atoms with Crippen LogP contribution in [0.15, 0.2) is 109 Å². The average molecular weight is 1210 g/mol. The number of nitrogens with one attached hydrogen (secondary N) is 1. The minimum atomic E-state index is -4.71. The molecule has 0 aliphatic rings. The predicted octanol–water partition coefficient (Wildman–Crippen LogP) is 21.8. The van der Waals surface area contributed by atoms with Gasteiger partial charge in [0.1, 0.15) is 19.3 Å². The summed E-state index contributed by atoms with van der Waals surface area (Å²) < 4.78 is 30.4. The van der Waals surface area contributed by atoms with Gasteiger partial charge in [0, 0.05) is 12.8 Å². The number of phosphoric ester groups is 1. The van der Waals surface area contributed by atoms with E-state index in [1.54, 1.807) is 0 Å². The number of amides is 1. The maximum Gasteiger partial charge on any atom is 0.306 e. The molecule has 490 valence electrons. The van der Waals surface area contributed by atoms with Gasteiger partial charge in [0.05, 0.1) is 33.8 Å². The molecule has 10 heteroatoms. The number of quaternary nitrogens is 1. The summed E-state index contributed by atoms with van der Waals surface area (Å²) in [6.07, 6.45) is 87.7. The number of allylic oxidation sites excluding steroid dienone is 17. The molecule has 0 radical (unpaired) electrons. The van der Waals surface area contributed by atoms with E-state index in [0.29, 0.717) is 17.4 Å². The fraction of sp³-hybridized carbons (Fsp3) is 0.733. The van der Waals surface area contributed by atoms with Crippen molar-refractivity contribution in [2.24, 2.45) is 0 Å². The SMILES string of the molecule is CCCCC/C=C\C/C=C\C/C=C\C/C=C\CCCCCCCCCCCC(=O)OC(/C=C/CCCCCCCCCCC)C(COP(=O)([O-])OCC[N+](C)(C)C)NC(=O)CCCCCCCCC/C=C\C/C=C\C/C=C\C/C=C\CCCCC. The van der Waals surface area contributed by atoms with Crippen LogP contribution in [0.25, 0.3) is 0 Å². The first-order valence-corrected chi connectivity index (χ1v) is 36.7. The number of hydrogen-bond donors (Lipinski definition) is 1. The molecular formula is C75H133N2O7P. The molecule has 0 rings (SSSR count). The Morgan fingerprint density at radius 1 is 0.412 bits per heavy atom. The maximum absolute atomic E-state index is 13.6. The van der Waals surface area contributed by atoms with Crippen molar-refractivity contribution in [3.05, 3.63) is 109 Å². The lowest BCUT2D eigenvalue weighted by molar-refractivity contribution is -0.870. The van der Waals surface area contributed by atoms with Crippen LogP contribution >= 0.6 is 7.82 Å². The number of phosphoric acid groups is 1. The standard InChI is InChI=1S/C75H133N2O7P/c1-7-10-13-16-19-22-25-27-29-31-33-35-37-38-40-42-44-46-48-50-53-56-59-62-65-68-75(79)84-73(66-63-60-57-54-51-24-21-18-15-12-9-3)72(71-83-85(80,81)82-70-69-77(4,5)6)76-74(78)67-64-61-58-55-52-49-47-45-43-41-39-36-34-32-30-28-26-23-20-17-14-11-8-2/h19-20,22-23,27-30,33-36,38,40-41,43,63,66,72-73H,7-18,21,24-26,31-32,37,39,42,44-62,64-65,67-71H2,1-6H3,(H-,76,78,80,81)/b22-19-,23-20-,29-27-,30-28-,35-33-,36-34-,40-38-,43-41-,66-63+. The molecule has 0 fully saturated rings. The van der Waals surface area contributed by atoms with E-state index in [-0.39, 0.29) is 24.9 Å². The summed E-state index contributed by atoms with van der Waals surface area (Å²) in [4.78, 5) is 40.2. The predicted molar refractivity (Wildman–Crippen MR) is 367 cm³/mol. The second-order valence-corrected chi connectivity index (χ2v) is 26.1. The van der Waals surface area contributed by atoms with Gasteiger partial charge in [-0.15, -0.1) is 0 Å². The van der Waals surface area contributed by atoms with E-state index in [1.165, 1.54) is 148 Å². The summed E-state index contributed by atoms with van der Waals surface area (Å²) in [5.74, 6) is -0.561. The van der Waals surface area contributed by atoms with Gasteiger partial charge in [-0.25, -0.2) is 0 Å². The Bertz CT molecular complexity index is 1820. The van der Waals surface area contributed by atoms with Crippen LogP contribution in [-0.4, -0.2) is 69.4 Å². The Labute approximate surface area is 525 Å². The van der Waals surface area contributed by atoms with Crippen LogP contribution < -0.4 is 10.2 Å². The summed E-state index contributed by atoms with van der Waals surface area (Å²) >= 11 is 0. The van der Waals surface area contributed by atoms with Gasteiger partial charge in [0.15, 0.2) is 0 Å². The second kappa shape index (κ2) is 63.7. The molecule has 1 N–H and O–H groups in total. The molecule has 0 aromatic heterocycles. The van der Waals surface area contributed by atoms with Crippen LogP contribution in [0.5, 0.6) is 0 Å². The third kappa shape index (κ3) is 65.0. The van der Waals surface area contributed by atoms with Crippen molar-refractivity contribution < 1.29 is 37.3 Å². The Morgan fingerprint density at radius 2 is 0.718 bits per heavy atom. The van der Waals surface area contributed by atoms with Crippen LogP contribution in [-0.2, 0) is 27.9 Å². The fourth-order valence-electron chi connectivity index (χ4n) is 9.72. The highest BCUT2D eigenvalue weighted by molar-refractivity contribution is 7.45. The lowest BCUT2D eigenvalue weighted by Crippen LogP contribution is -2.47. The van der Waals surface area contributed by atoms with E-state index >= 15 is 0 Å². The molecule has 0 saturated carbocycles. The van der Waals surface area contributed by atoms with Gasteiger partial charge in [-0.3, -0.25) is 14.2 Å². The molecule has 0 spiro atoms. The lowest BCUT2D eigenvalue weighted by atomic mass is 10.0. The summed E-state index contributed by atoms with van der Waals surface area (Å²) in [6, 6.07) is -0.904. The molecule has 0 bridgehead atoms. The number of ether oxygens (including phenoxy) is 1. The number of hydrogen-bond acceptors (Lipinski definition) is 7. The zero-order valence-corrected chi connectivity index (χ0v) is 56.9. The molecule has 3 atom stereocenters. The minimum Gasteiger partial charge on any atom is -0.756 e. The molecular weight excluding hydrogens is 1070 g/mol. The zero-order chi connectivity index (χ0) is 62.1. The van der Waals surface area contributed by atoms with E-state index < -0.39 is 26.6 Å². The smallest absolute Gasteiger partial charge is 0.306 e. The maximum atomic E-state index is 13.6. The summed E-state index contributed by atoms with van der Waals surface area (Å²) in [6.45, 7) is 6.78. The van der Waals surface area contributed by atoms with Crippen molar-refractivity contribution in [2.75, 3.05) is 40.9 Å². The van der Waals surface area contributed by atoms with Crippen molar-refractivity contribution >= 4 is 19.7 Å². The highest BCUT2D eigenvalue weighted by Crippen LogP contribution is 2.38. The van der Waals surface area contributed by atoms with Gasteiger partial charge in [0.2, 0.25) is 5.91 Å². The number of carbonyl (C=O) groups is 2. The number of likely N-dealkylation sites (N-methyl/N-ethyl adjacent to an activating group) is 1. The molecule has 0 aliphatic heterocycles. The van der Waals surface area contributed by atoms with Gasteiger partial charge in [-0.2, -0.15) is 0 Å². The Hall–Kier alpha value is -3.33. The third-order valence-corrected chi connectivity index (χ3v) is 16.1. The first kappa shape index (κ1) is 81.7. The average Bonchev–Trinajstić information content (AvgIpc) is 3.58. The monoisotopic (exact) mass is 1200 g/mol. The highest BCUT2D eigenvalue weighted by Gasteiger charge is 2.27. The van der Waals surface area contributed by atoms with Crippen LogP contribution in [0, 0.1) is 0 Å². The number of carbonyl (C=O) groups excluding carboxylic acids is 2. The van der Waals surface area contributed by atoms with Crippen molar-refractivity contribution in [1.82, 2.24) is 5.32 Å². The van der Waals surface area contributed by atoms with Gasteiger partial charge in [-0.05, 0) is 122 Å². The van der Waals surface area contributed by atoms with Crippen molar-refractivity contribution in [1.29, 1.82) is 0 Å². The molecule has 0 aromatic carbocycles. The molecule has 1 amide bonds. The molecule has 9 nitrogen and oxygen atoms in total. The number of rotatable bonds is 63. The van der Waals surface area contributed by atoms with E-state index in [4.69, 9.17) is 13.8 Å². The van der Waals surface area contributed by atoms with E-state index in [2.05, 4.69) is 123 Å². The normalized spacial score (nSPS) is 14.2. The Morgan fingerprint density at radius 3 is 1.09 bits per heavy atom. The topological polar surface area (TPSA) is 114 Å². The van der Waals surface area contributed by atoms with E-state index in [9.17, 15) is 19.0 Å². The van der Waals surface area contributed by atoms with Crippen molar-refractivity contribution in [2.45, 2.75) is 315 Å². The van der Waals surface area contributed by atoms with Gasteiger partial charge in [-0.1, -0.05) is 278 Å². The number of unbranched alkanes of at least 4 members (excludes halogenated alkanes) is 31. The zero-order valence-electron chi connectivity index (χ0n) is 56.0. The lowest BCUT2D eigenvalue weighted by Gasteiger charge is -2.30. The molecule has 0 aromatic rings. The van der Waals surface area contributed by atoms with Gasteiger partial charge < -0.3 is 28.5 Å². The third-order valence-electron chi connectivity index (χ3n) is 15.2. The summed E-state index contributed by atoms with van der Waals surface area (Å²) in [5, 5.41) is 3.03. The molecule has 85 heavy (non-hydrogen) atoms. The van der Waals surface area contributed by atoms with Gasteiger partial charge >= 0.3 is 5.97 Å². The quantitative estimate of drug-likeness (QED) is 0.0212. The highest BCUT2D eigenvalue weighted by atomic mass is 31.2. The number of esters is 1. The molecule has 0 saturated heterocycles. The minimum absolute atomic E-state index is 0.0307. The number of nitrogens with zero attached hydrogens (tertiary/aromatic N) is 1. The fourth-order valence-corrected chi connectivity index (χ4v) is 10.4.